The molecule has 6 heteroatoms. The van der Waals surface area contributed by atoms with Crippen LogP contribution in [-0.4, -0.2) is 46.5 Å². The zero-order valence-corrected chi connectivity index (χ0v) is 8.93. The van der Waals surface area contributed by atoms with Crippen LogP contribution in [0.1, 0.15) is 19.8 Å². The summed E-state index contributed by atoms with van der Waals surface area (Å²) in [6.45, 7) is 1.57. The summed E-state index contributed by atoms with van der Waals surface area (Å²) >= 11 is 0. The second kappa shape index (κ2) is 2.93. The molecular formula is C9H16N4O2. The number of imide groups is 1. The van der Waals surface area contributed by atoms with E-state index in [1.807, 2.05) is 0 Å². The maximum atomic E-state index is 12.0. The molecule has 0 aromatic rings. The topological polar surface area (TPSA) is 92.7 Å². The largest absolute Gasteiger partial charge is 0.328 e. The standard InChI is InChI=1S/C9H16N4O2/c1-9(11)6(10)12(2)8(15)13(7(9)14)5-3-4-5/h5-6H,3-4,10-11H2,1-2H3. The van der Waals surface area contributed by atoms with Gasteiger partial charge < -0.3 is 16.4 Å². The maximum absolute atomic E-state index is 12.0. The molecule has 84 valence electrons. The molecule has 4 N–H and O–H groups in total. The second-order valence-electron chi connectivity index (χ2n) is 4.53. The molecule has 0 aromatic carbocycles. The van der Waals surface area contributed by atoms with E-state index < -0.39 is 11.7 Å². The average Bonchev–Trinajstić information content (AvgIpc) is 2.97. The van der Waals surface area contributed by atoms with Gasteiger partial charge in [0, 0.05) is 13.1 Å². The Hall–Kier alpha value is -1.14. The third-order valence-electron chi connectivity index (χ3n) is 3.13. The summed E-state index contributed by atoms with van der Waals surface area (Å²) in [7, 11) is 1.57. The number of carbonyl (C=O) groups excluding carboxylic acids is 2. The van der Waals surface area contributed by atoms with Gasteiger partial charge in [0.15, 0.2) is 0 Å². The zero-order chi connectivity index (χ0) is 11.4. The molecule has 3 amide bonds. The van der Waals surface area contributed by atoms with Gasteiger partial charge in [-0.1, -0.05) is 0 Å². The van der Waals surface area contributed by atoms with E-state index in [-0.39, 0.29) is 18.0 Å². The van der Waals surface area contributed by atoms with Crippen molar-refractivity contribution in [1.82, 2.24) is 9.80 Å². The van der Waals surface area contributed by atoms with Gasteiger partial charge in [-0.25, -0.2) is 4.79 Å². The monoisotopic (exact) mass is 212 g/mol. The van der Waals surface area contributed by atoms with Crippen molar-refractivity contribution in [3.63, 3.8) is 0 Å². The van der Waals surface area contributed by atoms with Gasteiger partial charge in [0.05, 0.1) is 0 Å². The Bertz CT molecular complexity index is 324. The highest BCUT2D eigenvalue weighted by Crippen LogP contribution is 2.32. The van der Waals surface area contributed by atoms with Gasteiger partial charge in [-0.15, -0.1) is 0 Å². The minimum atomic E-state index is -1.19. The molecule has 0 bridgehead atoms. The summed E-state index contributed by atoms with van der Waals surface area (Å²) in [5, 5.41) is 0. The zero-order valence-electron chi connectivity index (χ0n) is 8.93. The van der Waals surface area contributed by atoms with Gasteiger partial charge in [-0.3, -0.25) is 9.69 Å². The van der Waals surface area contributed by atoms with Crippen LogP contribution in [0.2, 0.25) is 0 Å². The first-order valence-electron chi connectivity index (χ1n) is 5.02. The number of hydrogen-bond acceptors (Lipinski definition) is 4. The first kappa shape index (κ1) is 10.4. The van der Waals surface area contributed by atoms with E-state index in [0.29, 0.717) is 0 Å². The van der Waals surface area contributed by atoms with E-state index >= 15 is 0 Å². The minimum Gasteiger partial charge on any atom is -0.315 e. The van der Waals surface area contributed by atoms with Crippen LogP contribution in [0.5, 0.6) is 0 Å². The van der Waals surface area contributed by atoms with Crippen molar-refractivity contribution < 1.29 is 9.59 Å². The molecule has 1 aliphatic carbocycles. The number of rotatable bonds is 1. The van der Waals surface area contributed by atoms with E-state index in [4.69, 9.17) is 11.5 Å². The Morgan fingerprint density at radius 2 is 1.93 bits per heavy atom. The maximum Gasteiger partial charge on any atom is 0.328 e. The predicted octanol–water partition coefficient (Wildman–Crippen LogP) is -0.955. The van der Waals surface area contributed by atoms with Crippen molar-refractivity contribution in [3.8, 4) is 0 Å². The Morgan fingerprint density at radius 1 is 1.40 bits per heavy atom. The molecule has 2 atom stereocenters. The molecule has 0 radical (unpaired) electrons. The molecule has 0 aromatic heterocycles. The normalized spacial score (nSPS) is 37.5. The SMILES string of the molecule is CN1C(=O)N(C2CC2)C(=O)C(C)(N)C1N. The van der Waals surface area contributed by atoms with Crippen LogP contribution >= 0.6 is 0 Å². The quantitative estimate of drug-likeness (QED) is 0.585. The molecule has 1 saturated carbocycles. The number of carbonyl (C=O) groups is 2. The van der Waals surface area contributed by atoms with E-state index in [9.17, 15) is 9.59 Å². The van der Waals surface area contributed by atoms with Crippen LogP contribution < -0.4 is 11.5 Å². The third-order valence-corrected chi connectivity index (χ3v) is 3.13. The van der Waals surface area contributed by atoms with Crippen molar-refractivity contribution in [2.24, 2.45) is 11.5 Å². The lowest BCUT2D eigenvalue weighted by molar-refractivity contribution is -0.140. The van der Waals surface area contributed by atoms with E-state index in [2.05, 4.69) is 0 Å². The Morgan fingerprint density at radius 3 is 2.40 bits per heavy atom. The molecule has 2 rings (SSSR count). The van der Waals surface area contributed by atoms with E-state index in [1.54, 1.807) is 14.0 Å². The molecule has 2 aliphatic rings. The van der Waals surface area contributed by atoms with Crippen LogP contribution in [-0.2, 0) is 4.79 Å². The highest BCUT2D eigenvalue weighted by atomic mass is 16.2. The Labute approximate surface area is 88.2 Å². The molecule has 1 heterocycles. The highest BCUT2D eigenvalue weighted by Gasteiger charge is 2.53. The number of likely N-dealkylation sites (N-methyl/N-ethyl adjacent to an activating group) is 1. The first-order valence-corrected chi connectivity index (χ1v) is 5.02. The van der Waals surface area contributed by atoms with Gasteiger partial charge in [-0.2, -0.15) is 0 Å². The van der Waals surface area contributed by atoms with Crippen molar-refractivity contribution in [2.45, 2.75) is 37.5 Å². The molecule has 6 nitrogen and oxygen atoms in total. The summed E-state index contributed by atoms with van der Waals surface area (Å²) in [5.41, 5.74) is 10.4. The summed E-state index contributed by atoms with van der Waals surface area (Å²) < 4.78 is 0. The van der Waals surface area contributed by atoms with Gasteiger partial charge in [-0.05, 0) is 19.8 Å². The summed E-state index contributed by atoms with van der Waals surface area (Å²) in [5.74, 6) is -0.361. The van der Waals surface area contributed by atoms with Crippen LogP contribution in [0.3, 0.4) is 0 Å². The van der Waals surface area contributed by atoms with Crippen LogP contribution in [0.15, 0.2) is 0 Å². The van der Waals surface area contributed by atoms with Crippen molar-refractivity contribution in [1.29, 1.82) is 0 Å². The molecular weight excluding hydrogens is 196 g/mol. The van der Waals surface area contributed by atoms with Crippen LogP contribution in [0, 0.1) is 0 Å². The molecule has 15 heavy (non-hydrogen) atoms. The number of hydrogen-bond donors (Lipinski definition) is 2. The third kappa shape index (κ3) is 1.32. The Balaban J connectivity index is 2.34. The van der Waals surface area contributed by atoms with Crippen molar-refractivity contribution >= 4 is 11.9 Å². The van der Waals surface area contributed by atoms with Gasteiger partial charge in [0.2, 0.25) is 0 Å². The average molecular weight is 212 g/mol. The fourth-order valence-corrected chi connectivity index (χ4v) is 1.82. The fraction of sp³-hybridized carbons (Fsp3) is 0.778. The Kier molecular flexibility index (Phi) is 2.03. The fourth-order valence-electron chi connectivity index (χ4n) is 1.82. The minimum absolute atomic E-state index is 0.0304. The summed E-state index contributed by atoms with van der Waals surface area (Å²) in [6.07, 6.45) is 0.986. The van der Waals surface area contributed by atoms with Crippen LogP contribution in [0.25, 0.3) is 0 Å². The molecule has 2 fully saturated rings. The van der Waals surface area contributed by atoms with Gasteiger partial charge in [0.1, 0.15) is 11.7 Å². The molecule has 1 saturated heterocycles. The van der Waals surface area contributed by atoms with Gasteiger partial charge in [0.25, 0.3) is 5.91 Å². The highest BCUT2D eigenvalue weighted by molar-refractivity contribution is 6.03. The number of nitrogens with two attached hydrogens (primary N) is 2. The summed E-state index contributed by atoms with van der Waals surface area (Å²) in [4.78, 5) is 26.4. The lowest BCUT2D eigenvalue weighted by Crippen LogP contribution is -2.75. The van der Waals surface area contributed by atoms with Crippen molar-refractivity contribution in [3.05, 3.63) is 0 Å². The number of amides is 3. The smallest absolute Gasteiger partial charge is 0.315 e. The number of urea groups is 1. The van der Waals surface area contributed by atoms with Crippen LogP contribution in [0.4, 0.5) is 4.79 Å². The van der Waals surface area contributed by atoms with E-state index in [0.717, 1.165) is 12.8 Å². The first-order chi connectivity index (χ1) is 6.87. The predicted molar refractivity (Wildman–Crippen MR) is 53.6 cm³/mol. The van der Waals surface area contributed by atoms with Crippen molar-refractivity contribution in [2.75, 3.05) is 7.05 Å². The number of nitrogens with zero attached hydrogens (tertiary/aromatic N) is 2. The molecule has 1 aliphatic heterocycles. The van der Waals surface area contributed by atoms with E-state index in [1.165, 1.54) is 9.80 Å². The second-order valence-corrected chi connectivity index (χ2v) is 4.53. The summed E-state index contributed by atoms with van der Waals surface area (Å²) in [6, 6.07) is -0.305. The van der Waals surface area contributed by atoms with Gasteiger partial charge >= 0.3 is 6.03 Å². The lowest BCUT2D eigenvalue weighted by Gasteiger charge is -2.45. The molecule has 2 unspecified atom stereocenters. The lowest BCUT2D eigenvalue weighted by atomic mass is 9.94. The molecule has 0 spiro atoms.